The number of hydrogen-bond donors (Lipinski definition) is 2. The smallest absolute Gasteiger partial charge is 0.410 e. The first-order chi connectivity index (χ1) is 13.3. The lowest BCUT2D eigenvalue weighted by atomic mass is 9.96. The molecule has 7 nitrogen and oxygen atoms in total. The highest BCUT2D eigenvalue weighted by Gasteiger charge is 2.30. The molecule has 0 spiro atoms. The van der Waals surface area contributed by atoms with Crippen molar-refractivity contribution in [2.75, 3.05) is 18.4 Å². The number of ether oxygens (including phenoxy) is 1. The van der Waals surface area contributed by atoms with Crippen LogP contribution < -0.4 is 10.6 Å². The molecular weight excluding hydrogens is 370 g/mol. The Hall–Kier alpha value is -2.57. The zero-order valence-electron chi connectivity index (χ0n) is 18.3. The van der Waals surface area contributed by atoms with Crippen LogP contribution in [0.3, 0.4) is 0 Å². The zero-order chi connectivity index (χ0) is 21.8. The monoisotopic (exact) mass is 403 g/mol. The van der Waals surface area contributed by atoms with Gasteiger partial charge in [-0.05, 0) is 78.6 Å². The van der Waals surface area contributed by atoms with Gasteiger partial charge in [-0.3, -0.25) is 9.59 Å². The fourth-order valence-corrected chi connectivity index (χ4v) is 3.01. The quantitative estimate of drug-likeness (QED) is 0.803. The molecule has 1 aliphatic heterocycles. The molecule has 29 heavy (non-hydrogen) atoms. The van der Waals surface area contributed by atoms with E-state index < -0.39 is 5.60 Å². The van der Waals surface area contributed by atoms with Crippen LogP contribution in [0.25, 0.3) is 0 Å². The van der Waals surface area contributed by atoms with Gasteiger partial charge in [0.15, 0.2) is 0 Å². The molecule has 2 N–H and O–H groups in total. The number of nitrogens with one attached hydrogen (secondary N) is 2. The van der Waals surface area contributed by atoms with Crippen molar-refractivity contribution in [1.82, 2.24) is 10.2 Å². The third kappa shape index (κ3) is 7.40. The number of likely N-dealkylation sites (tertiary alicyclic amines) is 1. The number of hydrogen-bond acceptors (Lipinski definition) is 4. The highest BCUT2D eigenvalue weighted by Crippen LogP contribution is 2.21. The van der Waals surface area contributed by atoms with Gasteiger partial charge in [0.05, 0.1) is 0 Å². The van der Waals surface area contributed by atoms with Crippen LogP contribution in [0.5, 0.6) is 0 Å². The van der Waals surface area contributed by atoms with E-state index in [0.29, 0.717) is 37.2 Å². The Kier molecular flexibility index (Phi) is 6.93. The Morgan fingerprint density at radius 2 is 1.52 bits per heavy atom. The minimum absolute atomic E-state index is 0.0688. The number of benzene rings is 1. The second-order valence-corrected chi connectivity index (χ2v) is 9.51. The fraction of sp³-hybridized carbons (Fsp3) is 0.591. The van der Waals surface area contributed by atoms with E-state index in [4.69, 9.17) is 4.74 Å². The fourth-order valence-electron chi connectivity index (χ4n) is 3.01. The van der Waals surface area contributed by atoms with Gasteiger partial charge >= 0.3 is 6.09 Å². The third-order valence-corrected chi connectivity index (χ3v) is 4.42. The lowest BCUT2D eigenvalue weighted by molar-refractivity contribution is -0.121. The summed E-state index contributed by atoms with van der Waals surface area (Å²) in [6.07, 6.45) is 0.856. The van der Waals surface area contributed by atoms with Crippen LogP contribution in [0.4, 0.5) is 10.5 Å². The average Bonchev–Trinajstić information content (AvgIpc) is 2.59. The van der Waals surface area contributed by atoms with Crippen molar-refractivity contribution in [2.24, 2.45) is 5.92 Å². The summed E-state index contributed by atoms with van der Waals surface area (Å²) in [5.74, 6) is -0.372. The first kappa shape index (κ1) is 22.7. The summed E-state index contributed by atoms with van der Waals surface area (Å²) in [7, 11) is 0. The molecule has 1 aromatic rings. The molecule has 3 amide bonds. The van der Waals surface area contributed by atoms with E-state index in [1.54, 1.807) is 29.2 Å². The molecule has 1 aliphatic rings. The minimum atomic E-state index is -0.527. The van der Waals surface area contributed by atoms with Crippen molar-refractivity contribution >= 4 is 23.6 Å². The maximum absolute atomic E-state index is 12.6. The molecule has 2 rings (SSSR count). The summed E-state index contributed by atoms with van der Waals surface area (Å²) < 4.78 is 5.38. The number of piperidine rings is 1. The predicted molar refractivity (Wildman–Crippen MR) is 113 cm³/mol. The standard InChI is InChI=1S/C22H33N3O4/c1-21(2,3)24-19(27)15-7-9-17(10-8-15)23-18(26)16-11-13-25(14-12-16)20(28)29-22(4,5)6/h7-10,16H,11-14H2,1-6H3,(H,23,26)(H,24,27). The molecule has 1 aromatic carbocycles. The van der Waals surface area contributed by atoms with E-state index in [-0.39, 0.29) is 29.4 Å². The number of anilines is 1. The van der Waals surface area contributed by atoms with Gasteiger partial charge in [-0.15, -0.1) is 0 Å². The first-order valence-corrected chi connectivity index (χ1v) is 10.1. The van der Waals surface area contributed by atoms with Crippen LogP contribution in [0.15, 0.2) is 24.3 Å². The Morgan fingerprint density at radius 1 is 0.966 bits per heavy atom. The summed E-state index contributed by atoms with van der Waals surface area (Å²) in [5.41, 5.74) is 0.361. The van der Waals surface area contributed by atoms with Crippen LogP contribution in [0, 0.1) is 5.92 Å². The van der Waals surface area contributed by atoms with Crippen LogP contribution in [-0.4, -0.2) is 47.0 Å². The minimum Gasteiger partial charge on any atom is -0.444 e. The maximum Gasteiger partial charge on any atom is 0.410 e. The van der Waals surface area contributed by atoms with E-state index in [9.17, 15) is 14.4 Å². The van der Waals surface area contributed by atoms with Gasteiger partial charge in [-0.2, -0.15) is 0 Å². The van der Waals surface area contributed by atoms with E-state index in [1.165, 1.54) is 0 Å². The Morgan fingerprint density at radius 3 is 2.00 bits per heavy atom. The SMILES string of the molecule is CC(C)(C)NC(=O)c1ccc(NC(=O)C2CCN(C(=O)OC(C)(C)C)CC2)cc1. The molecule has 160 valence electrons. The maximum atomic E-state index is 12.6. The normalized spacial score (nSPS) is 15.6. The van der Waals surface area contributed by atoms with Crippen molar-refractivity contribution in [3.8, 4) is 0 Å². The van der Waals surface area contributed by atoms with Gasteiger partial charge < -0.3 is 20.3 Å². The van der Waals surface area contributed by atoms with Crippen LogP contribution >= 0.6 is 0 Å². The van der Waals surface area contributed by atoms with Crippen molar-refractivity contribution in [2.45, 2.75) is 65.5 Å². The second-order valence-electron chi connectivity index (χ2n) is 9.51. The molecule has 0 aromatic heterocycles. The van der Waals surface area contributed by atoms with Crippen molar-refractivity contribution in [3.63, 3.8) is 0 Å². The van der Waals surface area contributed by atoms with Crippen LogP contribution in [0.1, 0.15) is 64.7 Å². The Labute approximate surface area is 173 Å². The summed E-state index contributed by atoms with van der Waals surface area (Å²) in [6.45, 7) is 12.3. The zero-order valence-corrected chi connectivity index (χ0v) is 18.3. The van der Waals surface area contributed by atoms with Gasteiger partial charge in [-0.1, -0.05) is 0 Å². The average molecular weight is 404 g/mol. The van der Waals surface area contributed by atoms with Crippen molar-refractivity contribution in [1.29, 1.82) is 0 Å². The largest absolute Gasteiger partial charge is 0.444 e. The van der Waals surface area contributed by atoms with E-state index in [0.717, 1.165) is 0 Å². The van der Waals surface area contributed by atoms with Crippen molar-refractivity contribution in [3.05, 3.63) is 29.8 Å². The summed E-state index contributed by atoms with van der Waals surface area (Å²) in [4.78, 5) is 38.5. The number of rotatable bonds is 3. The first-order valence-electron chi connectivity index (χ1n) is 10.1. The van der Waals surface area contributed by atoms with E-state index >= 15 is 0 Å². The molecule has 0 unspecified atom stereocenters. The molecule has 1 saturated heterocycles. The summed E-state index contributed by atoms with van der Waals surface area (Å²) in [5, 5.41) is 5.81. The predicted octanol–water partition coefficient (Wildman–Crippen LogP) is 3.80. The third-order valence-electron chi connectivity index (χ3n) is 4.42. The number of carbonyl (C=O) groups excluding carboxylic acids is 3. The topological polar surface area (TPSA) is 87.7 Å². The van der Waals surface area contributed by atoms with E-state index in [2.05, 4.69) is 10.6 Å². The highest BCUT2D eigenvalue weighted by atomic mass is 16.6. The molecule has 0 radical (unpaired) electrons. The van der Waals surface area contributed by atoms with Gasteiger partial charge in [0.1, 0.15) is 5.60 Å². The molecule has 1 fully saturated rings. The lowest BCUT2D eigenvalue weighted by Crippen LogP contribution is -2.43. The number of amides is 3. The number of carbonyl (C=O) groups is 3. The van der Waals surface area contributed by atoms with Gasteiger partial charge in [0.2, 0.25) is 5.91 Å². The second kappa shape index (κ2) is 8.84. The molecular formula is C22H33N3O4. The highest BCUT2D eigenvalue weighted by molar-refractivity contribution is 5.96. The Balaban J connectivity index is 1.85. The van der Waals surface area contributed by atoms with Crippen LogP contribution in [0.2, 0.25) is 0 Å². The van der Waals surface area contributed by atoms with Gasteiger partial charge in [0.25, 0.3) is 5.91 Å². The summed E-state index contributed by atoms with van der Waals surface area (Å²) in [6, 6.07) is 6.85. The number of nitrogens with zero attached hydrogens (tertiary/aromatic N) is 1. The molecule has 7 heteroatoms. The lowest BCUT2D eigenvalue weighted by Gasteiger charge is -2.32. The van der Waals surface area contributed by atoms with Gasteiger partial charge in [-0.25, -0.2) is 4.79 Å². The molecule has 0 bridgehead atoms. The molecule has 1 heterocycles. The molecule has 0 saturated carbocycles. The summed E-state index contributed by atoms with van der Waals surface area (Å²) >= 11 is 0. The molecule has 0 atom stereocenters. The Bertz CT molecular complexity index is 737. The molecule has 0 aliphatic carbocycles. The van der Waals surface area contributed by atoms with Crippen molar-refractivity contribution < 1.29 is 19.1 Å². The van der Waals surface area contributed by atoms with E-state index in [1.807, 2.05) is 41.5 Å². The van der Waals surface area contributed by atoms with Gasteiger partial charge in [0, 0.05) is 35.8 Å². The van der Waals surface area contributed by atoms with Crippen LogP contribution in [-0.2, 0) is 9.53 Å².